The lowest BCUT2D eigenvalue weighted by Crippen LogP contribution is -2.39. The van der Waals surface area contributed by atoms with Gasteiger partial charge in [0, 0.05) is 11.6 Å². The SMILES string of the molecule is C/C(CCCB(O)O)=C(\C(=O)O)C1CCN(C2CCCc3cc(-c4ccccc4)ccc32)CC1. The van der Waals surface area contributed by atoms with Crippen LogP contribution in [-0.4, -0.2) is 46.2 Å². The zero-order valence-corrected chi connectivity index (χ0v) is 20.1. The zero-order chi connectivity index (χ0) is 24.1. The fourth-order valence-corrected chi connectivity index (χ4v) is 5.87. The van der Waals surface area contributed by atoms with Gasteiger partial charge in [0.2, 0.25) is 0 Å². The first-order valence-corrected chi connectivity index (χ1v) is 12.7. The molecule has 0 spiro atoms. The van der Waals surface area contributed by atoms with Crippen molar-refractivity contribution in [2.24, 2.45) is 5.92 Å². The van der Waals surface area contributed by atoms with Gasteiger partial charge < -0.3 is 15.2 Å². The van der Waals surface area contributed by atoms with E-state index in [2.05, 4.69) is 47.4 Å². The minimum atomic E-state index is -1.33. The number of fused-ring (bicyclic) bond motifs is 1. The van der Waals surface area contributed by atoms with Gasteiger partial charge in [-0.2, -0.15) is 0 Å². The molecule has 2 aromatic carbocycles. The number of benzene rings is 2. The molecule has 5 nitrogen and oxygen atoms in total. The Morgan fingerprint density at radius 1 is 1.03 bits per heavy atom. The van der Waals surface area contributed by atoms with E-state index in [1.54, 1.807) is 0 Å². The highest BCUT2D eigenvalue weighted by Crippen LogP contribution is 2.39. The van der Waals surface area contributed by atoms with E-state index in [0.717, 1.165) is 44.3 Å². The monoisotopic (exact) mass is 461 g/mol. The van der Waals surface area contributed by atoms with Crippen molar-refractivity contribution in [1.82, 2.24) is 4.90 Å². The minimum Gasteiger partial charge on any atom is -0.478 e. The maximum absolute atomic E-state index is 12.1. The molecule has 2 aliphatic rings. The molecule has 180 valence electrons. The molecule has 1 fully saturated rings. The Kier molecular flexibility index (Phi) is 8.25. The van der Waals surface area contributed by atoms with E-state index >= 15 is 0 Å². The molecule has 0 saturated carbocycles. The van der Waals surface area contributed by atoms with Gasteiger partial charge in [-0.25, -0.2) is 4.79 Å². The molecule has 0 bridgehead atoms. The largest absolute Gasteiger partial charge is 0.478 e. The van der Waals surface area contributed by atoms with Crippen LogP contribution >= 0.6 is 0 Å². The summed E-state index contributed by atoms with van der Waals surface area (Å²) in [5.74, 6) is -0.756. The van der Waals surface area contributed by atoms with Gasteiger partial charge in [-0.1, -0.05) is 60.5 Å². The number of nitrogens with zero attached hydrogens (tertiary/aromatic N) is 1. The Hall–Kier alpha value is -2.41. The fourth-order valence-electron chi connectivity index (χ4n) is 5.87. The average Bonchev–Trinajstić information content (AvgIpc) is 2.84. The Labute approximate surface area is 203 Å². The van der Waals surface area contributed by atoms with Gasteiger partial charge in [0.25, 0.3) is 0 Å². The highest BCUT2D eigenvalue weighted by atomic mass is 16.4. The van der Waals surface area contributed by atoms with E-state index in [-0.39, 0.29) is 12.2 Å². The van der Waals surface area contributed by atoms with E-state index in [9.17, 15) is 9.90 Å². The summed E-state index contributed by atoms with van der Waals surface area (Å²) < 4.78 is 0. The molecule has 1 aliphatic carbocycles. The molecule has 1 unspecified atom stereocenters. The molecule has 0 amide bonds. The van der Waals surface area contributed by atoms with Crippen molar-refractivity contribution in [2.75, 3.05) is 13.1 Å². The predicted octanol–water partition coefficient (Wildman–Crippen LogP) is 5.10. The second-order valence-electron chi connectivity index (χ2n) is 9.87. The Balaban J connectivity index is 1.44. The van der Waals surface area contributed by atoms with Gasteiger partial charge in [-0.3, -0.25) is 4.90 Å². The van der Waals surface area contributed by atoms with Gasteiger partial charge in [0.05, 0.1) is 0 Å². The number of hydrogen-bond donors (Lipinski definition) is 3. The summed E-state index contributed by atoms with van der Waals surface area (Å²) in [5, 5.41) is 28.0. The van der Waals surface area contributed by atoms with Gasteiger partial charge in [-0.05, 0) is 93.0 Å². The molecule has 1 aliphatic heterocycles. The molecule has 2 aromatic rings. The maximum Gasteiger partial charge on any atom is 0.451 e. The molecule has 0 radical (unpaired) electrons. The topological polar surface area (TPSA) is 81.0 Å². The molecule has 6 heteroatoms. The Morgan fingerprint density at radius 2 is 1.76 bits per heavy atom. The van der Waals surface area contributed by atoms with E-state index < -0.39 is 13.1 Å². The molecule has 1 atom stereocenters. The summed E-state index contributed by atoms with van der Waals surface area (Å²) in [4.78, 5) is 14.6. The van der Waals surface area contributed by atoms with E-state index in [0.29, 0.717) is 24.5 Å². The fraction of sp³-hybridized carbons (Fsp3) is 0.464. The van der Waals surface area contributed by atoms with Crippen molar-refractivity contribution in [3.05, 3.63) is 70.8 Å². The summed E-state index contributed by atoms with van der Waals surface area (Å²) in [6, 6.07) is 17.9. The Bertz CT molecular complexity index is 1010. The van der Waals surface area contributed by atoms with Gasteiger partial charge in [0.1, 0.15) is 0 Å². The van der Waals surface area contributed by atoms with Crippen molar-refractivity contribution in [1.29, 1.82) is 0 Å². The minimum absolute atomic E-state index is 0.0660. The standard InChI is InChI=1S/C28H36BNO4/c1-20(7-6-16-29(33)34)27(28(31)32)22-14-17-30(18-15-22)26-11-5-10-24-19-23(12-13-25(24)26)21-8-3-2-4-9-21/h2-4,8-9,12-13,19,22,26,33-34H,5-7,10-11,14-18H2,1H3,(H,31,32)/b27-20+. The second-order valence-corrected chi connectivity index (χ2v) is 9.87. The number of aliphatic carboxylic acids is 1. The van der Waals surface area contributed by atoms with Crippen LogP contribution in [0.2, 0.25) is 6.32 Å². The smallest absolute Gasteiger partial charge is 0.451 e. The van der Waals surface area contributed by atoms with E-state index in [1.165, 1.54) is 28.7 Å². The second kappa shape index (κ2) is 11.3. The van der Waals surface area contributed by atoms with Crippen LogP contribution in [0.1, 0.15) is 62.6 Å². The highest BCUT2D eigenvalue weighted by molar-refractivity contribution is 6.40. The van der Waals surface area contributed by atoms with E-state index in [4.69, 9.17) is 10.0 Å². The van der Waals surface area contributed by atoms with Crippen molar-refractivity contribution in [3.63, 3.8) is 0 Å². The number of carbonyl (C=O) groups is 1. The summed E-state index contributed by atoms with van der Waals surface area (Å²) in [6.07, 6.45) is 6.64. The first-order valence-electron chi connectivity index (χ1n) is 12.7. The lowest BCUT2D eigenvalue weighted by Gasteiger charge is -2.40. The van der Waals surface area contributed by atoms with Crippen molar-refractivity contribution >= 4 is 13.1 Å². The van der Waals surface area contributed by atoms with Crippen LogP contribution in [0.5, 0.6) is 0 Å². The lowest BCUT2D eigenvalue weighted by molar-refractivity contribution is -0.133. The van der Waals surface area contributed by atoms with E-state index in [1.807, 2.05) is 13.0 Å². The summed E-state index contributed by atoms with van der Waals surface area (Å²) >= 11 is 0. The van der Waals surface area contributed by atoms with Crippen LogP contribution in [0.3, 0.4) is 0 Å². The number of carboxylic acids is 1. The number of likely N-dealkylation sites (tertiary alicyclic amines) is 1. The summed E-state index contributed by atoms with van der Waals surface area (Å²) in [6.45, 7) is 3.71. The van der Waals surface area contributed by atoms with Crippen molar-refractivity contribution < 1.29 is 19.9 Å². The van der Waals surface area contributed by atoms with Crippen molar-refractivity contribution in [2.45, 2.75) is 64.2 Å². The first kappa shape index (κ1) is 24.7. The molecule has 0 aromatic heterocycles. The number of aryl methyl sites for hydroxylation is 1. The lowest BCUT2D eigenvalue weighted by atomic mass is 9.80. The van der Waals surface area contributed by atoms with Gasteiger partial charge in [0.15, 0.2) is 0 Å². The number of allylic oxidation sites excluding steroid dienone is 1. The van der Waals surface area contributed by atoms with Gasteiger partial charge in [-0.15, -0.1) is 0 Å². The van der Waals surface area contributed by atoms with Crippen LogP contribution in [0.25, 0.3) is 11.1 Å². The molecule has 1 heterocycles. The number of hydrogen-bond acceptors (Lipinski definition) is 4. The highest BCUT2D eigenvalue weighted by Gasteiger charge is 2.32. The van der Waals surface area contributed by atoms with Crippen LogP contribution in [0.4, 0.5) is 0 Å². The molecule has 1 saturated heterocycles. The predicted molar refractivity (Wildman–Crippen MR) is 136 cm³/mol. The quantitative estimate of drug-likeness (QED) is 0.377. The van der Waals surface area contributed by atoms with Crippen LogP contribution in [-0.2, 0) is 11.2 Å². The molecule has 4 rings (SSSR count). The van der Waals surface area contributed by atoms with Crippen molar-refractivity contribution in [3.8, 4) is 11.1 Å². The zero-order valence-electron chi connectivity index (χ0n) is 20.1. The Morgan fingerprint density at radius 3 is 2.44 bits per heavy atom. The number of piperidine rings is 1. The third kappa shape index (κ3) is 5.80. The third-order valence-electron chi connectivity index (χ3n) is 7.62. The maximum atomic E-state index is 12.1. The number of carboxylic acid groups (broad SMARTS) is 1. The summed E-state index contributed by atoms with van der Waals surface area (Å²) in [5.41, 5.74) is 6.85. The van der Waals surface area contributed by atoms with Crippen LogP contribution in [0, 0.1) is 5.92 Å². The first-order chi connectivity index (χ1) is 16.4. The molecule has 3 N–H and O–H groups in total. The molecule has 34 heavy (non-hydrogen) atoms. The molecular formula is C28H36BNO4. The van der Waals surface area contributed by atoms with Crippen LogP contribution in [0.15, 0.2) is 59.7 Å². The number of rotatable bonds is 8. The summed E-state index contributed by atoms with van der Waals surface area (Å²) in [7, 11) is -1.33. The van der Waals surface area contributed by atoms with Crippen LogP contribution < -0.4 is 0 Å². The van der Waals surface area contributed by atoms with Gasteiger partial charge >= 0.3 is 13.1 Å². The normalized spacial score (nSPS) is 19.9. The molecular weight excluding hydrogens is 425 g/mol. The third-order valence-corrected chi connectivity index (χ3v) is 7.62. The average molecular weight is 461 g/mol.